The van der Waals surface area contributed by atoms with Crippen molar-refractivity contribution in [3.63, 3.8) is 0 Å². The Bertz CT molecular complexity index is 360. The molecule has 17 heavy (non-hydrogen) atoms. The van der Waals surface area contributed by atoms with Crippen LogP contribution in [-0.4, -0.2) is 27.2 Å². The number of hydrogen-bond acceptors (Lipinski definition) is 4. The quantitative estimate of drug-likeness (QED) is 0.767. The molecule has 3 N–H and O–H groups in total. The monoisotopic (exact) mass is 239 g/mol. The molecule has 0 fully saturated rings. The van der Waals surface area contributed by atoms with Crippen molar-refractivity contribution in [3.05, 3.63) is 6.33 Å². The molecule has 1 amide bonds. The molecule has 0 saturated carbocycles. The smallest absolute Gasteiger partial charge is 0.227 e. The van der Waals surface area contributed by atoms with Gasteiger partial charge < -0.3 is 5.73 Å². The first kappa shape index (κ1) is 13.6. The van der Waals surface area contributed by atoms with Crippen LogP contribution in [0.2, 0.25) is 0 Å². The average Bonchev–Trinajstić information content (AvgIpc) is 2.62. The van der Waals surface area contributed by atoms with Gasteiger partial charge >= 0.3 is 0 Å². The van der Waals surface area contributed by atoms with Crippen molar-refractivity contribution in [2.75, 3.05) is 11.9 Å². The summed E-state index contributed by atoms with van der Waals surface area (Å²) in [5, 5.41) is 6.61. The predicted octanol–water partition coefficient (Wildman–Crippen LogP) is 0.765. The summed E-state index contributed by atoms with van der Waals surface area (Å²) >= 11 is 0. The minimum absolute atomic E-state index is 0.0581. The van der Waals surface area contributed by atoms with E-state index in [0.29, 0.717) is 24.8 Å². The van der Waals surface area contributed by atoms with Gasteiger partial charge in [0.15, 0.2) is 0 Å². The Balaban J connectivity index is 2.45. The summed E-state index contributed by atoms with van der Waals surface area (Å²) in [5.74, 6) is 1.18. The molecule has 0 saturated heterocycles. The van der Waals surface area contributed by atoms with Gasteiger partial charge in [-0.25, -0.2) is 4.68 Å². The first-order valence-electron chi connectivity index (χ1n) is 5.86. The molecule has 1 atom stereocenters. The van der Waals surface area contributed by atoms with Crippen LogP contribution in [-0.2, 0) is 11.8 Å². The molecule has 1 aromatic rings. The highest BCUT2D eigenvalue weighted by atomic mass is 16.1. The van der Waals surface area contributed by atoms with Crippen LogP contribution < -0.4 is 11.1 Å². The van der Waals surface area contributed by atoms with Gasteiger partial charge in [-0.2, -0.15) is 10.1 Å². The number of carbonyl (C=O) groups excluding carboxylic acids is 1. The molecule has 1 unspecified atom stereocenters. The standard InChI is InChI=1S/C11H21N5O/c1-8(2)4-9(6-12)5-10(17)15-11-13-7-14-16(11)3/h7-9H,4-6,12H2,1-3H3,(H,13,14,15,17). The van der Waals surface area contributed by atoms with E-state index in [4.69, 9.17) is 5.73 Å². The van der Waals surface area contributed by atoms with Gasteiger partial charge in [0, 0.05) is 13.5 Å². The molecule has 0 spiro atoms. The topological polar surface area (TPSA) is 85.8 Å². The highest BCUT2D eigenvalue weighted by Crippen LogP contribution is 2.14. The third-order valence-corrected chi connectivity index (χ3v) is 2.57. The summed E-state index contributed by atoms with van der Waals surface area (Å²) in [4.78, 5) is 15.7. The molecule has 0 aliphatic heterocycles. The Morgan fingerprint density at radius 2 is 2.29 bits per heavy atom. The zero-order valence-electron chi connectivity index (χ0n) is 10.7. The maximum atomic E-state index is 11.8. The summed E-state index contributed by atoms with van der Waals surface area (Å²) in [6.07, 6.45) is 2.80. The Hall–Kier alpha value is -1.43. The fourth-order valence-electron chi connectivity index (χ4n) is 1.78. The molecule has 96 valence electrons. The van der Waals surface area contributed by atoms with E-state index < -0.39 is 0 Å². The van der Waals surface area contributed by atoms with Crippen LogP contribution in [0.4, 0.5) is 5.95 Å². The second-order valence-corrected chi connectivity index (χ2v) is 4.69. The van der Waals surface area contributed by atoms with Gasteiger partial charge in [-0.15, -0.1) is 0 Å². The molecule has 0 radical (unpaired) electrons. The van der Waals surface area contributed by atoms with Crippen molar-refractivity contribution in [1.82, 2.24) is 14.8 Å². The molecule has 1 aromatic heterocycles. The van der Waals surface area contributed by atoms with Crippen LogP contribution in [0.5, 0.6) is 0 Å². The average molecular weight is 239 g/mol. The summed E-state index contributed by atoms with van der Waals surface area (Å²) in [7, 11) is 1.73. The van der Waals surface area contributed by atoms with E-state index in [1.54, 1.807) is 7.05 Å². The minimum Gasteiger partial charge on any atom is -0.330 e. The Kier molecular flexibility index (Phi) is 5.09. The summed E-state index contributed by atoms with van der Waals surface area (Å²) in [5.41, 5.74) is 5.66. The third kappa shape index (κ3) is 4.52. The first-order valence-corrected chi connectivity index (χ1v) is 5.86. The lowest BCUT2D eigenvalue weighted by Gasteiger charge is -2.16. The fraction of sp³-hybridized carbons (Fsp3) is 0.727. The minimum atomic E-state index is -0.0581. The number of aryl methyl sites for hydroxylation is 1. The molecule has 6 heteroatoms. The van der Waals surface area contributed by atoms with E-state index in [2.05, 4.69) is 29.2 Å². The second-order valence-electron chi connectivity index (χ2n) is 4.69. The number of anilines is 1. The molecular weight excluding hydrogens is 218 g/mol. The third-order valence-electron chi connectivity index (χ3n) is 2.57. The van der Waals surface area contributed by atoms with E-state index in [-0.39, 0.29) is 11.8 Å². The number of carbonyl (C=O) groups is 1. The van der Waals surface area contributed by atoms with Crippen molar-refractivity contribution in [2.24, 2.45) is 24.6 Å². The molecule has 1 rings (SSSR count). The lowest BCUT2D eigenvalue weighted by Crippen LogP contribution is -2.24. The summed E-state index contributed by atoms with van der Waals surface area (Å²) in [6, 6.07) is 0. The second kappa shape index (κ2) is 6.34. The Labute approximate surface area is 102 Å². The molecule has 0 aliphatic carbocycles. The molecule has 1 heterocycles. The number of rotatable bonds is 6. The van der Waals surface area contributed by atoms with Gasteiger partial charge in [0.05, 0.1) is 0 Å². The van der Waals surface area contributed by atoms with Gasteiger partial charge in [-0.05, 0) is 24.8 Å². The van der Waals surface area contributed by atoms with E-state index in [1.807, 2.05) is 0 Å². The van der Waals surface area contributed by atoms with Gasteiger partial charge in [-0.1, -0.05) is 13.8 Å². The predicted molar refractivity (Wildman–Crippen MR) is 66.2 cm³/mol. The van der Waals surface area contributed by atoms with E-state index in [1.165, 1.54) is 11.0 Å². The zero-order valence-corrected chi connectivity index (χ0v) is 10.7. The maximum absolute atomic E-state index is 11.8. The van der Waals surface area contributed by atoms with Crippen LogP contribution in [0, 0.1) is 11.8 Å². The van der Waals surface area contributed by atoms with Gasteiger partial charge in [0.25, 0.3) is 0 Å². The van der Waals surface area contributed by atoms with E-state index in [0.717, 1.165) is 6.42 Å². The number of nitrogens with one attached hydrogen (secondary N) is 1. The fourth-order valence-corrected chi connectivity index (χ4v) is 1.78. The lowest BCUT2D eigenvalue weighted by atomic mass is 9.94. The Morgan fingerprint density at radius 3 is 2.76 bits per heavy atom. The lowest BCUT2D eigenvalue weighted by molar-refractivity contribution is -0.117. The van der Waals surface area contributed by atoms with Gasteiger partial charge in [-0.3, -0.25) is 10.1 Å². The Morgan fingerprint density at radius 1 is 1.59 bits per heavy atom. The van der Waals surface area contributed by atoms with Crippen molar-refractivity contribution in [3.8, 4) is 0 Å². The van der Waals surface area contributed by atoms with Gasteiger partial charge in [0.1, 0.15) is 6.33 Å². The van der Waals surface area contributed by atoms with Crippen molar-refractivity contribution in [2.45, 2.75) is 26.7 Å². The summed E-state index contributed by atoms with van der Waals surface area (Å²) < 4.78 is 1.53. The number of aromatic nitrogens is 3. The van der Waals surface area contributed by atoms with Crippen LogP contribution in [0.15, 0.2) is 6.33 Å². The highest BCUT2D eigenvalue weighted by molar-refractivity contribution is 5.89. The first-order chi connectivity index (χ1) is 8.02. The molecule has 0 bridgehead atoms. The van der Waals surface area contributed by atoms with E-state index >= 15 is 0 Å². The van der Waals surface area contributed by atoms with Crippen LogP contribution in [0.1, 0.15) is 26.7 Å². The van der Waals surface area contributed by atoms with Gasteiger partial charge in [0.2, 0.25) is 11.9 Å². The molecule has 6 nitrogen and oxygen atoms in total. The number of nitrogens with two attached hydrogens (primary N) is 1. The number of nitrogens with zero attached hydrogens (tertiary/aromatic N) is 3. The van der Waals surface area contributed by atoms with Crippen LogP contribution in [0.3, 0.4) is 0 Å². The van der Waals surface area contributed by atoms with Crippen LogP contribution >= 0.6 is 0 Å². The zero-order chi connectivity index (χ0) is 12.8. The summed E-state index contributed by atoms with van der Waals surface area (Å²) in [6.45, 7) is 4.79. The van der Waals surface area contributed by atoms with Crippen molar-refractivity contribution in [1.29, 1.82) is 0 Å². The van der Waals surface area contributed by atoms with Crippen molar-refractivity contribution < 1.29 is 4.79 Å². The van der Waals surface area contributed by atoms with Crippen molar-refractivity contribution >= 4 is 11.9 Å². The SMILES string of the molecule is CC(C)CC(CN)CC(=O)Nc1ncnn1C. The normalized spacial score (nSPS) is 12.8. The van der Waals surface area contributed by atoms with Crippen LogP contribution in [0.25, 0.3) is 0 Å². The number of hydrogen-bond donors (Lipinski definition) is 2. The molecule has 0 aromatic carbocycles. The molecule has 0 aliphatic rings. The maximum Gasteiger partial charge on any atom is 0.227 e. The molecular formula is C11H21N5O. The highest BCUT2D eigenvalue weighted by Gasteiger charge is 2.15. The number of amides is 1. The largest absolute Gasteiger partial charge is 0.330 e. The van der Waals surface area contributed by atoms with E-state index in [9.17, 15) is 4.79 Å².